The van der Waals surface area contributed by atoms with Gasteiger partial charge < -0.3 is 9.72 Å². The Morgan fingerprint density at radius 1 is 1.50 bits per heavy atom. The Morgan fingerprint density at radius 3 is 3.12 bits per heavy atom. The van der Waals surface area contributed by atoms with Crippen molar-refractivity contribution in [2.45, 2.75) is 13.3 Å². The van der Waals surface area contributed by atoms with Crippen LogP contribution in [0.3, 0.4) is 0 Å². The predicted octanol–water partition coefficient (Wildman–Crippen LogP) is 2.01. The molecule has 1 heterocycles. The van der Waals surface area contributed by atoms with Crippen LogP contribution in [-0.4, -0.2) is 23.2 Å². The van der Waals surface area contributed by atoms with Crippen molar-refractivity contribution in [2.24, 2.45) is 0 Å². The third-order valence-electron chi connectivity index (χ3n) is 2.35. The SMILES string of the molecule is CCOCCc1nc2ccc(C#N)cc2[nH]1. The highest BCUT2D eigenvalue weighted by Gasteiger charge is 2.03. The summed E-state index contributed by atoms with van der Waals surface area (Å²) in [6.45, 7) is 3.36. The molecule has 2 rings (SSSR count). The first-order valence-electron chi connectivity index (χ1n) is 5.30. The van der Waals surface area contributed by atoms with Gasteiger partial charge in [0.1, 0.15) is 5.82 Å². The Morgan fingerprint density at radius 2 is 2.38 bits per heavy atom. The van der Waals surface area contributed by atoms with Crippen LogP contribution in [0.5, 0.6) is 0 Å². The number of hydrogen-bond acceptors (Lipinski definition) is 3. The smallest absolute Gasteiger partial charge is 0.109 e. The van der Waals surface area contributed by atoms with Gasteiger partial charge in [0.15, 0.2) is 0 Å². The van der Waals surface area contributed by atoms with E-state index in [9.17, 15) is 0 Å². The number of nitrogens with zero attached hydrogens (tertiary/aromatic N) is 2. The summed E-state index contributed by atoms with van der Waals surface area (Å²) in [5.74, 6) is 0.901. The molecule has 0 fully saturated rings. The summed E-state index contributed by atoms with van der Waals surface area (Å²) in [5, 5.41) is 8.77. The molecule has 0 saturated heterocycles. The van der Waals surface area contributed by atoms with Crippen LogP contribution in [0.1, 0.15) is 18.3 Å². The highest BCUT2D eigenvalue weighted by Crippen LogP contribution is 2.13. The van der Waals surface area contributed by atoms with Crippen LogP contribution in [0.2, 0.25) is 0 Å². The number of nitriles is 1. The predicted molar refractivity (Wildman–Crippen MR) is 61.0 cm³/mol. The second kappa shape index (κ2) is 4.77. The van der Waals surface area contributed by atoms with Crippen LogP contribution in [0, 0.1) is 11.3 Å². The van der Waals surface area contributed by atoms with Crippen LogP contribution in [0.4, 0.5) is 0 Å². The molecule has 1 N–H and O–H groups in total. The summed E-state index contributed by atoms with van der Waals surface area (Å²) in [7, 11) is 0. The van der Waals surface area contributed by atoms with E-state index in [1.165, 1.54) is 0 Å². The van der Waals surface area contributed by atoms with Crippen LogP contribution in [0.15, 0.2) is 18.2 Å². The lowest BCUT2D eigenvalue weighted by molar-refractivity contribution is 0.149. The lowest BCUT2D eigenvalue weighted by Crippen LogP contribution is -1.99. The number of fused-ring (bicyclic) bond motifs is 1. The number of hydrogen-bond donors (Lipinski definition) is 1. The Labute approximate surface area is 93.9 Å². The van der Waals surface area contributed by atoms with E-state index in [1.54, 1.807) is 6.07 Å². The van der Waals surface area contributed by atoms with Gasteiger partial charge in [0.2, 0.25) is 0 Å². The van der Waals surface area contributed by atoms with Gasteiger partial charge in [0.25, 0.3) is 0 Å². The lowest BCUT2D eigenvalue weighted by Gasteiger charge is -1.96. The Balaban J connectivity index is 2.20. The topological polar surface area (TPSA) is 61.7 Å². The van der Waals surface area contributed by atoms with Crippen molar-refractivity contribution in [3.63, 3.8) is 0 Å². The minimum Gasteiger partial charge on any atom is -0.381 e. The monoisotopic (exact) mass is 215 g/mol. The molecule has 0 aliphatic rings. The fourth-order valence-corrected chi connectivity index (χ4v) is 1.56. The maximum atomic E-state index is 8.77. The second-order valence-corrected chi connectivity index (χ2v) is 3.47. The van der Waals surface area contributed by atoms with Gasteiger partial charge in [-0.2, -0.15) is 5.26 Å². The molecule has 2 aromatic rings. The fourth-order valence-electron chi connectivity index (χ4n) is 1.56. The highest BCUT2D eigenvalue weighted by molar-refractivity contribution is 5.76. The average Bonchev–Trinajstić information content (AvgIpc) is 2.70. The molecular formula is C12H13N3O. The molecule has 0 unspecified atom stereocenters. The molecule has 16 heavy (non-hydrogen) atoms. The van der Waals surface area contributed by atoms with E-state index in [0.717, 1.165) is 29.9 Å². The number of rotatable bonds is 4. The fraction of sp³-hybridized carbons (Fsp3) is 0.333. The van der Waals surface area contributed by atoms with Crippen molar-refractivity contribution in [1.29, 1.82) is 5.26 Å². The third-order valence-corrected chi connectivity index (χ3v) is 2.35. The van der Waals surface area contributed by atoms with Gasteiger partial charge in [-0.1, -0.05) is 0 Å². The number of H-pyrrole nitrogens is 1. The Bertz CT molecular complexity index is 525. The van der Waals surface area contributed by atoms with E-state index in [4.69, 9.17) is 10.00 Å². The van der Waals surface area contributed by atoms with Crippen LogP contribution in [-0.2, 0) is 11.2 Å². The standard InChI is InChI=1S/C12H13N3O/c1-2-16-6-5-12-14-10-4-3-9(8-13)7-11(10)15-12/h3-4,7H,2,5-6H2,1H3,(H,14,15). The molecule has 82 valence electrons. The minimum absolute atomic E-state index is 0.646. The van der Waals surface area contributed by atoms with Crippen LogP contribution >= 0.6 is 0 Å². The van der Waals surface area contributed by atoms with Gasteiger partial charge in [-0.25, -0.2) is 4.98 Å². The average molecular weight is 215 g/mol. The van der Waals surface area contributed by atoms with Crippen molar-refractivity contribution in [1.82, 2.24) is 9.97 Å². The molecular weight excluding hydrogens is 202 g/mol. The zero-order valence-corrected chi connectivity index (χ0v) is 9.16. The summed E-state index contributed by atoms with van der Waals surface area (Å²) in [6, 6.07) is 7.55. The van der Waals surface area contributed by atoms with Crippen molar-refractivity contribution < 1.29 is 4.74 Å². The van der Waals surface area contributed by atoms with Gasteiger partial charge in [-0.15, -0.1) is 0 Å². The molecule has 4 nitrogen and oxygen atoms in total. The zero-order chi connectivity index (χ0) is 11.4. The van der Waals surface area contributed by atoms with Crippen LogP contribution in [0.25, 0.3) is 11.0 Å². The van der Waals surface area contributed by atoms with Gasteiger partial charge in [-0.05, 0) is 25.1 Å². The number of imidazole rings is 1. The van der Waals surface area contributed by atoms with Gasteiger partial charge >= 0.3 is 0 Å². The summed E-state index contributed by atoms with van der Waals surface area (Å²) in [6.07, 6.45) is 0.768. The van der Waals surface area contributed by atoms with E-state index < -0.39 is 0 Å². The normalized spacial score (nSPS) is 10.5. The molecule has 1 aromatic heterocycles. The maximum absolute atomic E-state index is 8.77. The molecule has 0 atom stereocenters. The molecule has 0 aliphatic heterocycles. The Hall–Kier alpha value is -1.86. The van der Waals surface area contributed by atoms with Gasteiger partial charge in [0.05, 0.1) is 29.3 Å². The molecule has 0 aliphatic carbocycles. The van der Waals surface area contributed by atoms with Crippen molar-refractivity contribution in [2.75, 3.05) is 13.2 Å². The molecule has 0 amide bonds. The van der Waals surface area contributed by atoms with Crippen molar-refractivity contribution >= 4 is 11.0 Å². The van der Waals surface area contributed by atoms with Gasteiger partial charge in [0, 0.05) is 13.0 Å². The number of nitrogens with one attached hydrogen (secondary N) is 1. The number of aromatic amines is 1. The summed E-state index contributed by atoms with van der Waals surface area (Å²) in [5.41, 5.74) is 2.45. The van der Waals surface area contributed by atoms with Crippen molar-refractivity contribution in [3.05, 3.63) is 29.6 Å². The summed E-state index contributed by atoms with van der Waals surface area (Å²) in [4.78, 5) is 7.60. The quantitative estimate of drug-likeness (QED) is 0.793. The summed E-state index contributed by atoms with van der Waals surface area (Å²) < 4.78 is 5.27. The van der Waals surface area contributed by atoms with Crippen LogP contribution < -0.4 is 0 Å². The zero-order valence-electron chi connectivity index (χ0n) is 9.16. The number of aromatic nitrogens is 2. The number of ether oxygens (including phenoxy) is 1. The first kappa shape index (κ1) is 10.7. The molecule has 0 bridgehead atoms. The van der Waals surface area contributed by atoms with E-state index in [2.05, 4.69) is 16.0 Å². The first-order chi connectivity index (χ1) is 7.83. The molecule has 4 heteroatoms. The van der Waals surface area contributed by atoms with Gasteiger partial charge in [-0.3, -0.25) is 0 Å². The first-order valence-corrected chi connectivity index (χ1v) is 5.30. The van der Waals surface area contributed by atoms with E-state index in [0.29, 0.717) is 12.2 Å². The van der Waals surface area contributed by atoms with E-state index >= 15 is 0 Å². The summed E-state index contributed by atoms with van der Waals surface area (Å²) >= 11 is 0. The molecule has 0 spiro atoms. The van der Waals surface area contributed by atoms with E-state index in [1.807, 2.05) is 19.1 Å². The second-order valence-electron chi connectivity index (χ2n) is 3.47. The number of benzene rings is 1. The third kappa shape index (κ3) is 2.20. The molecule has 0 radical (unpaired) electrons. The lowest BCUT2D eigenvalue weighted by atomic mass is 10.2. The maximum Gasteiger partial charge on any atom is 0.109 e. The molecule has 1 aromatic carbocycles. The molecule has 0 saturated carbocycles. The van der Waals surface area contributed by atoms with E-state index in [-0.39, 0.29) is 0 Å². The largest absolute Gasteiger partial charge is 0.381 e. The highest BCUT2D eigenvalue weighted by atomic mass is 16.5. The minimum atomic E-state index is 0.646. The Kier molecular flexibility index (Phi) is 3.18. The van der Waals surface area contributed by atoms with Crippen molar-refractivity contribution in [3.8, 4) is 6.07 Å².